The number of amides is 1. The summed E-state index contributed by atoms with van der Waals surface area (Å²) in [5.41, 5.74) is 4.77. The van der Waals surface area contributed by atoms with Crippen LogP contribution in [0.3, 0.4) is 0 Å². The highest BCUT2D eigenvalue weighted by Crippen LogP contribution is 2.33. The van der Waals surface area contributed by atoms with Gasteiger partial charge in [-0.2, -0.15) is 13.2 Å². The van der Waals surface area contributed by atoms with Crippen molar-refractivity contribution in [3.05, 3.63) is 77.1 Å². The first-order chi connectivity index (χ1) is 17.2. The molecule has 1 amide bonds. The van der Waals surface area contributed by atoms with Crippen LogP contribution in [0, 0.1) is 19.6 Å². The molecule has 0 spiro atoms. The van der Waals surface area contributed by atoms with E-state index in [1.54, 1.807) is 6.92 Å². The number of fused-ring (bicyclic) bond motifs is 1. The van der Waals surface area contributed by atoms with Crippen LogP contribution in [0.15, 0.2) is 48.7 Å². The molecule has 0 saturated carbocycles. The van der Waals surface area contributed by atoms with Gasteiger partial charge >= 0.3 is 6.18 Å². The third-order valence-electron chi connectivity index (χ3n) is 5.13. The van der Waals surface area contributed by atoms with Crippen molar-refractivity contribution in [2.45, 2.75) is 26.1 Å². The maximum absolute atomic E-state index is 15.2. The molecule has 2 aromatic carbocycles. The molecule has 0 aliphatic rings. The van der Waals surface area contributed by atoms with Gasteiger partial charge in [0.1, 0.15) is 28.7 Å². The molecule has 0 aliphatic carbocycles. The van der Waals surface area contributed by atoms with Gasteiger partial charge in [0, 0.05) is 27.3 Å². The van der Waals surface area contributed by atoms with Crippen molar-refractivity contribution in [3.63, 3.8) is 0 Å². The molecule has 1 atom stereocenters. The lowest BCUT2D eigenvalue weighted by Gasteiger charge is -2.14. The lowest BCUT2D eigenvalue weighted by molar-refractivity contribution is -0.138. The molecular weight excluding hydrogens is 454 g/mol. The van der Waals surface area contributed by atoms with Crippen molar-refractivity contribution in [2.75, 3.05) is 11.1 Å². The second-order valence-electron chi connectivity index (χ2n) is 7.46. The van der Waals surface area contributed by atoms with Crippen LogP contribution in [0.1, 0.15) is 32.9 Å². The molecule has 0 aliphatic heterocycles. The summed E-state index contributed by atoms with van der Waals surface area (Å²) in [5.74, 6) is -2.42. The van der Waals surface area contributed by atoms with Crippen molar-refractivity contribution in [1.82, 2.24) is 14.4 Å². The Morgan fingerprint density at radius 3 is 2.71 bits per heavy atom. The zero-order valence-corrected chi connectivity index (χ0v) is 17.5. The van der Waals surface area contributed by atoms with Crippen molar-refractivity contribution < 1.29 is 31.6 Å². The van der Waals surface area contributed by atoms with Crippen LogP contribution < -0.4 is 11.1 Å². The maximum Gasteiger partial charge on any atom is 0.416 e. The minimum Gasteiger partial charge on any atom is -0.382 e. The molecule has 7 nitrogen and oxygen atoms in total. The second kappa shape index (κ2) is 8.41. The summed E-state index contributed by atoms with van der Waals surface area (Å²) in [5, 5.41) is 12.5. The summed E-state index contributed by atoms with van der Waals surface area (Å²) in [4.78, 5) is 20.6. The van der Waals surface area contributed by atoms with E-state index in [0.29, 0.717) is 11.8 Å². The molecule has 0 radical (unpaired) electrons. The van der Waals surface area contributed by atoms with Gasteiger partial charge in [0.15, 0.2) is 6.10 Å². The van der Waals surface area contributed by atoms with E-state index in [1.165, 1.54) is 22.7 Å². The third kappa shape index (κ3) is 4.17. The van der Waals surface area contributed by atoms with Crippen LogP contribution in [0.4, 0.5) is 29.1 Å². The van der Waals surface area contributed by atoms with E-state index in [1.807, 2.05) is 0 Å². The summed E-state index contributed by atoms with van der Waals surface area (Å²) in [6.07, 6.45) is -5.27. The smallest absolute Gasteiger partial charge is 0.382 e. The van der Waals surface area contributed by atoms with Gasteiger partial charge in [0.25, 0.3) is 5.91 Å². The van der Waals surface area contributed by atoms with Crippen LogP contribution in [-0.2, 0) is 11.0 Å². The number of hydrogen-bond donors (Lipinski definition) is 3. The summed E-state index contributed by atoms with van der Waals surface area (Å²) in [6.45, 7) is -1.06. The number of anilines is 2. The quantitative estimate of drug-likeness (QED) is 0.378. The number of aryl methyl sites for hydroxylation is 2. The van der Waals surface area contributed by atoms with Gasteiger partial charge in [-0.25, -0.2) is 14.4 Å². The van der Waals surface area contributed by atoms with E-state index in [-0.39, 0.29) is 39.7 Å². The number of aliphatic hydroxyl groups excluding tert-OH is 1. The zero-order valence-electron chi connectivity index (χ0n) is 20.5. The zero-order chi connectivity index (χ0) is 27.3. The minimum atomic E-state index is -4.67. The van der Waals surface area contributed by atoms with E-state index < -0.39 is 36.4 Å². The number of rotatable bonds is 4. The molecule has 4 aromatic rings. The van der Waals surface area contributed by atoms with E-state index in [4.69, 9.17) is 9.85 Å². The Morgan fingerprint density at radius 2 is 2.03 bits per heavy atom. The molecule has 0 saturated heterocycles. The SMILES string of the molecule is [2H]C([2H])([2H])c1nc(-c2ccc(NC(=O)[C@@H](O)c3cccc(C(F)(F)F)c3)cc2F)c2c(N)ncc(C)n12. The summed E-state index contributed by atoms with van der Waals surface area (Å²) < 4.78 is 78.6. The van der Waals surface area contributed by atoms with Crippen LogP contribution in [-0.4, -0.2) is 25.4 Å². The topological polar surface area (TPSA) is 106 Å². The Balaban J connectivity index is 1.67. The summed E-state index contributed by atoms with van der Waals surface area (Å²) in [6, 6.07) is 7.00. The first kappa shape index (κ1) is 19.5. The van der Waals surface area contributed by atoms with E-state index in [9.17, 15) is 23.1 Å². The molecule has 0 bridgehead atoms. The van der Waals surface area contributed by atoms with Gasteiger partial charge < -0.3 is 16.2 Å². The number of aliphatic hydroxyl groups is 1. The number of carbonyl (C=O) groups excluding carboxylic acids is 1. The average Bonchev–Trinajstić information content (AvgIpc) is 3.23. The van der Waals surface area contributed by atoms with Crippen LogP contribution in [0.5, 0.6) is 0 Å². The van der Waals surface area contributed by atoms with E-state index in [2.05, 4.69) is 15.3 Å². The summed E-state index contributed by atoms with van der Waals surface area (Å²) in [7, 11) is 0. The van der Waals surface area contributed by atoms with Crippen molar-refractivity contribution >= 4 is 22.9 Å². The number of imidazole rings is 1. The van der Waals surface area contributed by atoms with Crippen molar-refractivity contribution in [2.24, 2.45) is 0 Å². The molecule has 0 unspecified atom stereocenters. The Labute approximate surface area is 195 Å². The van der Waals surface area contributed by atoms with Gasteiger partial charge in [0.05, 0.1) is 5.56 Å². The number of nitrogen functional groups attached to an aromatic ring is 1. The highest BCUT2D eigenvalue weighted by molar-refractivity contribution is 5.95. The van der Waals surface area contributed by atoms with Gasteiger partial charge in [-0.15, -0.1) is 0 Å². The van der Waals surface area contributed by atoms with Crippen molar-refractivity contribution in [3.8, 4) is 11.3 Å². The molecule has 2 heterocycles. The minimum absolute atomic E-state index is 0.0791. The fraction of sp³-hybridized carbons (Fsp3) is 0.174. The second-order valence-corrected chi connectivity index (χ2v) is 7.46. The summed E-state index contributed by atoms with van der Waals surface area (Å²) >= 11 is 0. The number of aromatic nitrogens is 3. The molecule has 0 fully saturated rings. The maximum atomic E-state index is 15.2. The van der Waals surface area contributed by atoms with Gasteiger partial charge in [-0.1, -0.05) is 12.1 Å². The predicted octanol–water partition coefficient (Wildman–Crippen LogP) is 4.43. The fourth-order valence-corrected chi connectivity index (χ4v) is 3.50. The molecule has 11 heteroatoms. The monoisotopic (exact) mass is 476 g/mol. The number of benzene rings is 2. The fourth-order valence-electron chi connectivity index (χ4n) is 3.50. The number of halogens is 4. The largest absolute Gasteiger partial charge is 0.416 e. The molecule has 2 aromatic heterocycles. The van der Waals surface area contributed by atoms with Crippen LogP contribution in [0.2, 0.25) is 0 Å². The van der Waals surface area contributed by atoms with E-state index >= 15 is 4.39 Å². The van der Waals surface area contributed by atoms with Crippen LogP contribution in [0.25, 0.3) is 16.8 Å². The van der Waals surface area contributed by atoms with Gasteiger partial charge in [-0.3, -0.25) is 9.20 Å². The Kier molecular flexibility index (Phi) is 4.82. The lowest BCUT2D eigenvalue weighted by Crippen LogP contribution is -2.21. The lowest BCUT2D eigenvalue weighted by atomic mass is 10.0. The predicted molar refractivity (Wildman–Crippen MR) is 117 cm³/mol. The molecule has 34 heavy (non-hydrogen) atoms. The Hall–Kier alpha value is -3.99. The molecule has 4 rings (SSSR count). The first-order valence-corrected chi connectivity index (χ1v) is 9.78. The first-order valence-electron chi connectivity index (χ1n) is 11.3. The highest BCUT2D eigenvalue weighted by Gasteiger charge is 2.31. The number of nitrogens with one attached hydrogen (secondary N) is 1. The Morgan fingerprint density at radius 1 is 1.26 bits per heavy atom. The third-order valence-corrected chi connectivity index (χ3v) is 5.13. The number of nitrogens with zero attached hydrogens (tertiary/aromatic N) is 3. The van der Waals surface area contributed by atoms with Crippen molar-refractivity contribution in [1.29, 1.82) is 0 Å². The van der Waals surface area contributed by atoms with Gasteiger partial charge in [-0.05, 0) is 49.7 Å². The van der Waals surface area contributed by atoms with Gasteiger partial charge in [0.2, 0.25) is 0 Å². The molecule has 4 N–H and O–H groups in total. The normalized spacial score (nSPS) is 14.4. The van der Waals surface area contributed by atoms with Crippen LogP contribution >= 0.6 is 0 Å². The number of nitrogens with two attached hydrogens (primary N) is 1. The molecule has 176 valence electrons. The van der Waals surface area contributed by atoms with E-state index in [0.717, 1.165) is 24.3 Å². The number of hydrogen-bond acceptors (Lipinski definition) is 5. The standard InChI is InChI=1S/C23H19F4N5O2/c1-11-10-29-21(28)19-18(30-12(2)32(11)19)16-7-6-15(9-17(16)24)31-22(34)20(33)13-4-3-5-14(8-13)23(25,26)27/h3-10,20,33H,1-2H3,(H2,28,29)(H,31,34)/t20-/m0/s1/i2D3. The number of carbonyl (C=O) groups is 1. The molecular formula is C23H19F4N5O2. The Bertz CT molecular complexity index is 1520. The number of alkyl halides is 3. The highest BCUT2D eigenvalue weighted by atomic mass is 19.4. The average molecular weight is 476 g/mol.